The van der Waals surface area contributed by atoms with Gasteiger partial charge in [0.25, 0.3) is 0 Å². The number of nitrogens with one attached hydrogen (secondary N) is 1. The Bertz CT molecular complexity index is 558. The largest absolute Gasteiger partial charge is 0.367 e. The molecule has 1 amide bonds. The maximum atomic E-state index is 11.7. The first-order valence-corrected chi connectivity index (χ1v) is 6.93. The fraction of sp³-hybridized carbons (Fsp3) is 0.167. The van der Waals surface area contributed by atoms with Crippen LogP contribution < -0.4 is 11.1 Å². The number of halogens is 1. The lowest BCUT2D eigenvalue weighted by atomic mass is 10.0. The minimum atomic E-state index is -1.01. The molecule has 0 bridgehead atoms. The molecule has 1 atom stereocenters. The predicted octanol–water partition coefficient (Wildman–Crippen LogP) is 2.72. The number of hydrogen-bond acceptors (Lipinski definition) is 4. The molecule has 1 unspecified atom stereocenters. The molecule has 0 radical (unpaired) electrons. The van der Waals surface area contributed by atoms with E-state index in [9.17, 15) is 4.79 Å². The summed E-state index contributed by atoms with van der Waals surface area (Å²) in [5.74, 6) is -0.461. The van der Waals surface area contributed by atoms with E-state index in [-0.39, 0.29) is 0 Å². The number of hydrogen-bond donors (Lipinski definition) is 2. The van der Waals surface area contributed by atoms with Gasteiger partial charge in [0, 0.05) is 21.7 Å². The maximum Gasteiger partial charge on any atom is 0.249 e. The molecule has 0 fully saturated rings. The maximum absolute atomic E-state index is 11.7. The van der Waals surface area contributed by atoms with Crippen molar-refractivity contribution in [1.29, 1.82) is 0 Å². The number of nitrogens with zero attached hydrogens (tertiary/aromatic N) is 1. The van der Waals surface area contributed by atoms with Crippen molar-refractivity contribution in [1.82, 2.24) is 4.98 Å². The van der Waals surface area contributed by atoms with Crippen molar-refractivity contribution in [3.05, 3.63) is 45.3 Å². The zero-order valence-electron chi connectivity index (χ0n) is 9.68. The predicted molar refractivity (Wildman–Crippen MR) is 76.4 cm³/mol. The van der Waals surface area contributed by atoms with Crippen LogP contribution in [0.5, 0.6) is 0 Å². The van der Waals surface area contributed by atoms with E-state index in [4.69, 9.17) is 5.73 Å². The lowest BCUT2D eigenvalue weighted by molar-refractivity contribution is -0.122. The van der Waals surface area contributed by atoms with Crippen molar-refractivity contribution in [3.8, 4) is 0 Å². The summed E-state index contributed by atoms with van der Waals surface area (Å²) in [4.78, 5) is 15.9. The number of thiazole rings is 1. The Hall–Kier alpha value is -1.40. The van der Waals surface area contributed by atoms with Crippen molar-refractivity contribution in [2.45, 2.75) is 12.5 Å². The Balaban J connectivity index is 2.36. The highest BCUT2D eigenvalue weighted by Crippen LogP contribution is 2.28. The van der Waals surface area contributed by atoms with Crippen LogP contribution in [0.3, 0.4) is 0 Å². The highest BCUT2D eigenvalue weighted by molar-refractivity contribution is 9.10. The first-order chi connectivity index (χ1) is 8.52. The molecule has 18 heavy (non-hydrogen) atoms. The highest BCUT2D eigenvalue weighted by atomic mass is 79.9. The minimum Gasteiger partial charge on any atom is -0.367 e. The normalized spacial score (nSPS) is 13.9. The van der Waals surface area contributed by atoms with E-state index in [0.29, 0.717) is 5.01 Å². The van der Waals surface area contributed by atoms with Crippen molar-refractivity contribution in [2.75, 3.05) is 5.32 Å². The Labute approximate surface area is 117 Å². The number of benzene rings is 1. The minimum absolute atomic E-state index is 0.461. The molecule has 0 spiro atoms. The molecule has 0 aliphatic carbocycles. The van der Waals surface area contributed by atoms with Gasteiger partial charge in [-0.05, 0) is 25.1 Å². The van der Waals surface area contributed by atoms with Crippen LogP contribution in [0.1, 0.15) is 11.9 Å². The summed E-state index contributed by atoms with van der Waals surface area (Å²) >= 11 is 4.78. The number of carbonyl (C=O) groups is 1. The van der Waals surface area contributed by atoms with Gasteiger partial charge in [0.2, 0.25) is 5.91 Å². The molecule has 0 saturated heterocycles. The van der Waals surface area contributed by atoms with Gasteiger partial charge in [-0.3, -0.25) is 4.79 Å². The van der Waals surface area contributed by atoms with Gasteiger partial charge < -0.3 is 11.1 Å². The Kier molecular flexibility index (Phi) is 3.68. The molecule has 2 rings (SSSR count). The number of primary amides is 1. The van der Waals surface area contributed by atoms with E-state index < -0.39 is 11.4 Å². The van der Waals surface area contributed by atoms with Gasteiger partial charge in [0.05, 0.1) is 0 Å². The van der Waals surface area contributed by atoms with Crippen molar-refractivity contribution in [3.63, 3.8) is 0 Å². The second kappa shape index (κ2) is 5.07. The van der Waals surface area contributed by atoms with E-state index in [1.807, 2.05) is 29.6 Å². The highest BCUT2D eigenvalue weighted by Gasteiger charge is 2.35. The molecule has 94 valence electrons. The average molecular weight is 326 g/mol. The van der Waals surface area contributed by atoms with Gasteiger partial charge in [0.15, 0.2) is 5.54 Å². The number of carbonyl (C=O) groups excluding carboxylic acids is 1. The molecular formula is C12H12BrN3OS. The smallest absolute Gasteiger partial charge is 0.249 e. The Morgan fingerprint density at radius 1 is 1.56 bits per heavy atom. The lowest BCUT2D eigenvalue weighted by Gasteiger charge is -2.26. The summed E-state index contributed by atoms with van der Waals surface area (Å²) in [6, 6.07) is 7.56. The fourth-order valence-corrected chi connectivity index (χ4v) is 2.70. The van der Waals surface area contributed by atoms with Crippen LogP contribution in [0.2, 0.25) is 0 Å². The molecular weight excluding hydrogens is 314 g/mol. The van der Waals surface area contributed by atoms with E-state index in [0.717, 1.165) is 10.2 Å². The molecule has 0 aliphatic heterocycles. The Morgan fingerprint density at radius 3 is 2.89 bits per heavy atom. The molecule has 3 N–H and O–H groups in total. The van der Waals surface area contributed by atoms with Gasteiger partial charge in [-0.15, -0.1) is 11.3 Å². The van der Waals surface area contributed by atoms with Crippen LogP contribution >= 0.6 is 27.3 Å². The molecule has 6 heteroatoms. The first kappa shape index (κ1) is 13.0. The van der Waals surface area contributed by atoms with Crippen LogP contribution in [0.4, 0.5) is 5.69 Å². The van der Waals surface area contributed by atoms with Crippen LogP contribution in [0.15, 0.2) is 40.3 Å². The molecule has 4 nitrogen and oxygen atoms in total. The van der Waals surface area contributed by atoms with Crippen LogP contribution in [0.25, 0.3) is 0 Å². The average Bonchev–Trinajstić information content (AvgIpc) is 2.82. The van der Waals surface area contributed by atoms with E-state index in [1.54, 1.807) is 13.1 Å². The molecule has 0 saturated carbocycles. The van der Waals surface area contributed by atoms with Crippen LogP contribution in [0, 0.1) is 0 Å². The summed E-state index contributed by atoms with van der Waals surface area (Å²) in [5, 5.41) is 5.61. The monoisotopic (exact) mass is 325 g/mol. The number of anilines is 1. The second-order valence-corrected chi connectivity index (χ2v) is 5.77. The Morgan fingerprint density at radius 2 is 2.33 bits per heavy atom. The summed E-state index contributed by atoms with van der Waals surface area (Å²) in [6.45, 7) is 1.73. The number of rotatable bonds is 4. The molecule has 2 aromatic rings. The molecule has 1 heterocycles. The third kappa shape index (κ3) is 2.54. The number of nitrogens with two attached hydrogens (primary N) is 1. The van der Waals surface area contributed by atoms with Crippen LogP contribution in [-0.2, 0) is 10.3 Å². The van der Waals surface area contributed by atoms with Gasteiger partial charge in [-0.25, -0.2) is 4.98 Å². The van der Waals surface area contributed by atoms with E-state index >= 15 is 0 Å². The van der Waals surface area contributed by atoms with Gasteiger partial charge in [-0.1, -0.05) is 22.0 Å². The summed E-state index contributed by atoms with van der Waals surface area (Å²) in [5.41, 5.74) is 5.30. The SMILES string of the molecule is CC(Nc1cccc(Br)c1)(C(N)=O)c1nccs1. The molecule has 1 aromatic heterocycles. The fourth-order valence-electron chi connectivity index (χ4n) is 1.55. The van der Waals surface area contributed by atoms with Gasteiger partial charge >= 0.3 is 0 Å². The third-order valence-electron chi connectivity index (χ3n) is 2.57. The van der Waals surface area contributed by atoms with Crippen molar-refractivity contribution >= 4 is 38.9 Å². The van der Waals surface area contributed by atoms with E-state index in [2.05, 4.69) is 26.2 Å². The molecule has 0 aliphatic rings. The first-order valence-electron chi connectivity index (χ1n) is 5.26. The summed E-state index contributed by atoms with van der Waals surface area (Å²) in [6.07, 6.45) is 1.66. The zero-order valence-corrected chi connectivity index (χ0v) is 12.1. The third-order valence-corrected chi connectivity index (χ3v) is 4.06. The lowest BCUT2D eigenvalue weighted by Crippen LogP contribution is -2.45. The summed E-state index contributed by atoms with van der Waals surface area (Å²) in [7, 11) is 0. The molecule has 1 aromatic carbocycles. The van der Waals surface area contributed by atoms with E-state index in [1.165, 1.54) is 11.3 Å². The zero-order chi connectivity index (χ0) is 13.2. The van der Waals surface area contributed by atoms with Gasteiger partial charge in [-0.2, -0.15) is 0 Å². The quantitative estimate of drug-likeness (QED) is 0.908. The van der Waals surface area contributed by atoms with Gasteiger partial charge in [0.1, 0.15) is 5.01 Å². The van der Waals surface area contributed by atoms with Crippen molar-refractivity contribution in [2.24, 2.45) is 5.73 Å². The number of amides is 1. The standard InChI is InChI=1S/C12H12BrN3OS/c1-12(10(14)17,11-15-5-6-18-11)16-9-4-2-3-8(13)7-9/h2-7,16H,1H3,(H2,14,17). The number of aromatic nitrogens is 1. The topological polar surface area (TPSA) is 68.0 Å². The van der Waals surface area contributed by atoms with Crippen LogP contribution in [-0.4, -0.2) is 10.9 Å². The summed E-state index contributed by atoms with van der Waals surface area (Å²) < 4.78 is 0.929. The second-order valence-electron chi connectivity index (χ2n) is 3.96. The van der Waals surface area contributed by atoms with Crippen molar-refractivity contribution < 1.29 is 4.79 Å².